The fourth-order valence-electron chi connectivity index (χ4n) is 5.16. The number of anilines is 1. The van der Waals surface area contributed by atoms with Crippen LogP contribution < -0.4 is 10.2 Å². The van der Waals surface area contributed by atoms with Crippen LogP contribution in [0.1, 0.15) is 43.5 Å². The van der Waals surface area contributed by atoms with E-state index in [1.807, 2.05) is 6.20 Å². The van der Waals surface area contributed by atoms with Crippen molar-refractivity contribution in [3.05, 3.63) is 29.8 Å². The minimum atomic E-state index is 0.282. The molecular weight excluding hydrogens is 336 g/mol. The maximum Gasteiger partial charge on any atom is 0.139 e. The summed E-state index contributed by atoms with van der Waals surface area (Å²) in [5, 5.41) is 12.6. The predicted molar refractivity (Wildman–Crippen MR) is 109 cm³/mol. The van der Waals surface area contributed by atoms with Crippen LogP contribution in [0.25, 0.3) is 22.2 Å². The Bertz CT molecular complexity index is 937. The fourth-order valence-corrected chi connectivity index (χ4v) is 5.16. The molecule has 0 aliphatic carbocycles. The van der Waals surface area contributed by atoms with Crippen molar-refractivity contribution >= 4 is 16.7 Å². The van der Waals surface area contributed by atoms with Gasteiger partial charge >= 0.3 is 0 Å². The van der Waals surface area contributed by atoms with Crippen molar-refractivity contribution in [3.8, 4) is 11.1 Å². The third kappa shape index (κ3) is 2.74. The second-order valence-corrected chi connectivity index (χ2v) is 8.25. The van der Waals surface area contributed by atoms with Gasteiger partial charge in [0.25, 0.3) is 0 Å². The molecule has 142 valence electrons. The summed E-state index contributed by atoms with van der Waals surface area (Å²) < 4.78 is 0. The van der Waals surface area contributed by atoms with E-state index in [0.717, 1.165) is 36.7 Å². The number of fused-ring (bicyclic) bond motifs is 1. The van der Waals surface area contributed by atoms with E-state index < -0.39 is 0 Å². The topological polar surface area (TPSA) is 72.6 Å². The molecule has 1 unspecified atom stereocenters. The fraction of sp³-hybridized carbons (Fsp3) is 0.524. The lowest BCUT2D eigenvalue weighted by Gasteiger charge is -2.47. The molecule has 0 radical (unpaired) electrons. The van der Waals surface area contributed by atoms with E-state index in [-0.39, 0.29) is 5.54 Å². The van der Waals surface area contributed by atoms with Gasteiger partial charge in [-0.25, -0.2) is 4.98 Å². The summed E-state index contributed by atoms with van der Waals surface area (Å²) >= 11 is 0. The number of aromatic amines is 2. The highest BCUT2D eigenvalue weighted by molar-refractivity contribution is 6.03. The average molecular weight is 364 g/mol. The second-order valence-electron chi connectivity index (χ2n) is 8.25. The molecule has 2 fully saturated rings. The van der Waals surface area contributed by atoms with Crippen LogP contribution in [0.15, 0.2) is 18.5 Å². The lowest BCUT2D eigenvalue weighted by atomic mass is 9.81. The van der Waals surface area contributed by atoms with Gasteiger partial charge in [0.15, 0.2) is 0 Å². The summed E-state index contributed by atoms with van der Waals surface area (Å²) in [5.74, 6) is 0. The summed E-state index contributed by atoms with van der Waals surface area (Å²) in [6.45, 7) is 7.50. The first-order valence-electron chi connectivity index (χ1n) is 10.1. The van der Waals surface area contributed by atoms with E-state index in [1.165, 1.54) is 54.3 Å². The average Bonchev–Trinajstić information content (AvgIpc) is 3.25. The quantitative estimate of drug-likeness (QED) is 0.648. The highest BCUT2D eigenvalue weighted by atomic mass is 15.2. The number of nitrogens with one attached hydrogen (secondary N) is 3. The Labute approximate surface area is 159 Å². The SMILES string of the molecule is Cc1n[nH]c(C)c1-c1c[nH]c2nccc(N3CCCC4(CCCCN4)C3)c12. The van der Waals surface area contributed by atoms with Crippen molar-refractivity contribution in [1.82, 2.24) is 25.5 Å². The molecule has 2 saturated heterocycles. The Hall–Kier alpha value is -2.34. The zero-order valence-electron chi connectivity index (χ0n) is 16.2. The molecule has 3 N–H and O–H groups in total. The zero-order chi connectivity index (χ0) is 18.4. The van der Waals surface area contributed by atoms with Crippen LogP contribution in [0.5, 0.6) is 0 Å². The van der Waals surface area contributed by atoms with E-state index in [9.17, 15) is 0 Å². The van der Waals surface area contributed by atoms with Crippen LogP contribution in [0, 0.1) is 13.8 Å². The number of rotatable bonds is 2. The van der Waals surface area contributed by atoms with Crippen LogP contribution in [0.3, 0.4) is 0 Å². The minimum Gasteiger partial charge on any atom is -0.369 e. The lowest BCUT2D eigenvalue weighted by Crippen LogP contribution is -2.59. The number of hydrogen-bond acceptors (Lipinski definition) is 4. The maximum absolute atomic E-state index is 4.60. The molecule has 6 nitrogen and oxygen atoms in total. The summed E-state index contributed by atoms with van der Waals surface area (Å²) in [5.41, 5.74) is 7.07. The van der Waals surface area contributed by atoms with Gasteiger partial charge in [0.05, 0.1) is 11.1 Å². The van der Waals surface area contributed by atoms with Gasteiger partial charge in [0.2, 0.25) is 0 Å². The van der Waals surface area contributed by atoms with E-state index in [4.69, 9.17) is 0 Å². The van der Waals surface area contributed by atoms with Crippen molar-refractivity contribution in [2.45, 2.75) is 51.5 Å². The van der Waals surface area contributed by atoms with Crippen LogP contribution in [0.2, 0.25) is 0 Å². The second kappa shape index (κ2) is 6.37. The maximum atomic E-state index is 4.60. The van der Waals surface area contributed by atoms with Crippen molar-refractivity contribution in [3.63, 3.8) is 0 Å². The number of aromatic nitrogens is 4. The van der Waals surface area contributed by atoms with Crippen LogP contribution in [0.4, 0.5) is 5.69 Å². The van der Waals surface area contributed by atoms with Gasteiger partial charge in [0.1, 0.15) is 5.65 Å². The molecular formula is C21H28N6. The Morgan fingerprint density at radius 1 is 1.15 bits per heavy atom. The number of pyridine rings is 1. The first kappa shape index (κ1) is 16.8. The standard InChI is InChI=1S/C21H28N6/c1-14-18(15(2)26-25-14)16-12-23-20-19(16)17(6-10-22-20)27-11-5-8-21(13-27)7-3-4-9-24-21/h6,10,12,24H,3-5,7-9,11,13H2,1-2H3,(H,22,23)(H,25,26). The monoisotopic (exact) mass is 364 g/mol. The highest BCUT2D eigenvalue weighted by Crippen LogP contribution is 2.39. The molecule has 27 heavy (non-hydrogen) atoms. The molecule has 1 atom stereocenters. The lowest BCUT2D eigenvalue weighted by molar-refractivity contribution is 0.216. The Balaban J connectivity index is 1.60. The highest BCUT2D eigenvalue weighted by Gasteiger charge is 2.37. The molecule has 3 aromatic heterocycles. The van der Waals surface area contributed by atoms with Gasteiger partial charge in [-0.1, -0.05) is 6.42 Å². The largest absolute Gasteiger partial charge is 0.369 e. The predicted octanol–water partition coefficient (Wildman–Crippen LogP) is 3.68. The smallest absolute Gasteiger partial charge is 0.139 e. The number of nitrogens with zero attached hydrogens (tertiary/aromatic N) is 3. The molecule has 1 spiro atoms. The summed E-state index contributed by atoms with van der Waals surface area (Å²) in [6.07, 6.45) is 10.5. The summed E-state index contributed by atoms with van der Waals surface area (Å²) in [6, 6.07) is 2.19. The van der Waals surface area contributed by atoms with Crippen LogP contribution in [-0.2, 0) is 0 Å². The number of aryl methyl sites for hydroxylation is 2. The van der Waals surface area contributed by atoms with Gasteiger partial charge in [0, 0.05) is 53.5 Å². The van der Waals surface area contributed by atoms with E-state index in [0.29, 0.717) is 0 Å². The molecule has 5 rings (SSSR count). The number of piperidine rings is 2. The molecule has 6 heteroatoms. The first-order chi connectivity index (χ1) is 13.2. The van der Waals surface area contributed by atoms with Gasteiger partial charge in [-0.3, -0.25) is 5.10 Å². The van der Waals surface area contributed by atoms with Crippen molar-refractivity contribution in [2.75, 3.05) is 24.5 Å². The Morgan fingerprint density at radius 2 is 2.04 bits per heavy atom. The normalized spacial score (nSPS) is 23.4. The summed E-state index contributed by atoms with van der Waals surface area (Å²) in [7, 11) is 0. The molecule has 5 heterocycles. The molecule has 0 saturated carbocycles. The summed E-state index contributed by atoms with van der Waals surface area (Å²) in [4.78, 5) is 10.6. The van der Waals surface area contributed by atoms with Gasteiger partial charge in [-0.15, -0.1) is 0 Å². The molecule has 0 aromatic carbocycles. The molecule has 0 bridgehead atoms. The van der Waals surface area contributed by atoms with Gasteiger partial charge < -0.3 is 15.2 Å². The van der Waals surface area contributed by atoms with Gasteiger partial charge in [-0.2, -0.15) is 5.10 Å². The van der Waals surface area contributed by atoms with E-state index in [2.05, 4.69) is 56.5 Å². The third-order valence-corrected chi connectivity index (χ3v) is 6.45. The van der Waals surface area contributed by atoms with Crippen molar-refractivity contribution in [1.29, 1.82) is 0 Å². The Morgan fingerprint density at radius 3 is 2.81 bits per heavy atom. The van der Waals surface area contributed by atoms with Crippen molar-refractivity contribution < 1.29 is 0 Å². The first-order valence-corrected chi connectivity index (χ1v) is 10.1. The molecule has 3 aromatic rings. The molecule has 0 amide bonds. The number of H-pyrrole nitrogens is 2. The molecule has 2 aliphatic rings. The third-order valence-electron chi connectivity index (χ3n) is 6.45. The minimum absolute atomic E-state index is 0.282. The van der Waals surface area contributed by atoms with Crippen molar-refractivity contribution in [2.24, 2.45) is 0 Å². The van der Waals surface area contributed by atoms with Gasteiger partial charge in [-0.05, 0) is 52.1 Å². The van der Waals surface area contributed by atoms with Crippen LogP contribution in [-0.4, -0.2) is 45.3 Å². The Kier molecular flexibility index (Phi) is 3.97. The van der Waals surface area contributed by atoms with E-state index in [1.54, 1.807) is 0 Å². The van der Waals surface area contributed by atoms with E-state index >= 15 is 0 Å². The van der Waals surface area contributed by atoms with Crippen LogP contribution >= 0.6 is 0 Å². The number of hydrogen-bond donors (Lipinski definition) is 3. The zero-order valence-corrected chi connectivity index (χ0v) is 16.2. The molecule has 2 aliphatic heterocycles.